The van der Waals surface area contributed by atoms with Gasteiger partial charge in [-0.1, -0.05) is 62.7 Å². The molecule has 0 saturated heterocycles. The van der Waals surface area contributed by atoms with Crippen LogP contribution < -0.4 is 5.32 Å². The van der Waals surface area contributed by atoms with E-state index in [-0.39, 0.29) is 35.6 Å². The Kier molecular flexibility index (Phi) is 10.2. The number of carbonyl (C=O) groups is 2. The molecule has 0 aliphatic carbocycles. The number of halogens is 2. The molecular weight excluding hydrogens is 513 g/mol. The van der Waals surface area contributed by atoms with Crippen molar-refractivity contribution in [3.8, 4) is 11.1 Å². The number of aromatic carboxylic acids is 1. The number of nitrogens with one attached hydrogen (secondary N) is 1. The molecule has 0 bridgehead atoms. The van der Waals surface area contributed by atoms with E-state index in [1.807, 2.05) is 11.5 Å². The summed E-state index contributed by atoms with van der Waals surface area (Å²) in [5.74, 6) is -0.333. The van der Waals surface area contributed by atoms with Gasteiger partial charge in [0.1, 0.15) is 11.6 Å². The van der Waals surface area contributed by atoms with Crippen molar-refractivity contribution in [3.05, 3.63) is 76.1 Å². The second-order valence-corrected chi connectivity index (χ2v) is 10.2. The quantitative estimate of drug-likeness (QED) is 0.235. The Bertz CT molecular complexity index is 1260. The number of carboxylic acid groups (broad SMARTS) is 1. The Balaban J connectivity index is 1.89. The molecular formula is C28H33ClFN3O3S. The Labute approximate surface area is 227 Å². The van der Waals surface area contributed by atoms with Crippen molar-refractivity contribution in [1.82, 2.24) is 14.9 Å². The fourth-order valence-electron chi connectivity index (χ4n) is 4.36. The van der Waals surface area contributed by atoms with Crippen LogP contribution in [0.1, 0.15) is 61.1 Å². The van der Waals surface area contributed by atoms with Gasteiger partial charge in [0.15, 0.2) is 5.15 Å². The topological polar surface area (TPSA) is 84.2 Å². The van der Waals surface area contributed by atoms with Crippen LogP contribution in [0.4, 0.5) is 4.39 Å². The lowest BCUT2D eigenvalue weighted by Crippen LogP contribution is -2.33. The standard InChI is InChI=1S/C28H33ClFN3O3S/c1-4-7-25-32-26(29)24(14-31-27(34)20(16-37)12-17(2)3)33(25)15-19-11-10-18(13-23(19)30)21-8-5-6-9-22(21)28(35)36/h5-6,8-11,13,17,20,37H,4,7,12,14-16H2,1-3H3,(H,31,34)(H,35,36)/t20-/m1/s1. The number of hydrogen-bond acceptors (Lipinski definition) is 4. The molecule has 1 heterocycles. The summed E-state index contributed by atoms with van der Waals surface area (Å²) < 4.78 is 17.2. The van der Waals surface area contributed by atoms with Gasteiger partial charge in [-0.3, -0.25) is 4.79 Å². The highest BCUT2D eigenvalue weighted by Gasteiger charge is 2.22. The van der Waals surface area contributed by atoms with Gasteiger partial charge in [0.05, 0.1) is 24.3 Å². The van der Waals surface area contributed by atoms with E-state index in [0.717, 1.165) is 12.8 Å². The summed E-state index contributed by atoms with van der Waals surface area (Å²) in [7, 11) is 0. The first-order chi connectivity index (χ1) is 17.7. The van der Waals surface area contributed by atoms with E-state index in [9.17, 15) is 14.7 Å². The number of aryl methyl sites for hydroxylation is 1. The van der Waals surface area contributed by atoms with Gasteiger partial charge in [0.25, 0.3) is 0 Å². The summed E-state index contributed by atoms with van der Waals surface area (Å²) in [6.07, 6.45) is 2.20. The first kappa shape index (κ1) is 28.7. The molecule has 0 radical (unpaired) electrons. The largest absolute Gasteiger partial charge is 0.478 e. The Morgan fingerprint density at radius 3 is 2.57 bits per heavy atom. The third kappa shape index (κ3) is 7.14. The number of benzene rings is 2. The summed E-state index contributed by atoms with van der Waals surface area (Å²) in [4.78, 5) is 28.9. The second kappa shape index (κ2) is 13.1. The number of imidazole rings is 1. The normalized spacial score (nSPS) is 12.1. The molecule has 1 atom stereocenters. The molecule has 198 valence electrons. The monoisotopic (exact) mass is 545 g/mol. The van der Waals surface area contributed by atoms with Crippen LogP contribution in [-0.4, -0.2) is 32.3 Å². The molecule has 0 aliphatic rings. The van der Waals surface area contributed by atoms with Crippen LogP contribution in [-0.2, 0) is 24.3 Å². The lowest BCUT2D eigenvalue weighted by Gasteiger charge is -2.18. The third-order valence-corrected chi connectivity index (χ3v) is 6.95. The maximum Gasteiger partial charge on any atom is 0.336 e. The lowest BCUT2D eigenvalue weighted by atomic mass is 9.98. The van der Waals surface area contributed by atoms with Crippen LogP contribution in [0, 0.1) is 17.7 Å². The van der Waals surface area contributed by atoms with Crippen LogP contribution in [0.15, 0.2) is 42.5 Å². The minimum Gasteiger partial charge on any atom is -0.478 e. The number of carbonyl (C=O) groups excluding carboxylic acids is 1. The minimum absolute atomic E-state index is 0.0998. The fraction of sp³-hybridized carbons (Fsp3) is 0.393. The summed E-state index contributed by atoms with van der Waals surface area (Å²) in [6.45, 7) is 6.49. The molecule has 0 saturated carbocycles. The molecule has 0 fully saturated rings. The average Bonchev–Trinajstić information content (AvgIpc) is 3.15. The van der Waals surface area contributed by atoms with Crippen LogP contribution in [0.2, 0.25) is 5.15 Å². The molecule has 37 heavy (non-hydrogen) atoms. The van der Waals surface area contributed by atoms with Gasteiger partial charge in [-0.2, -0.15) is 12.6 Å². The van der Waals surface area contributed by atoms with Crippen LogP contribution in [0.3, 0.4) is 0 Å². The molecule has 2 N–H and O–H groups in total. The SMILES string of the molecule is CCCc1nc(Cl)c(CNC(=O)[C@@H](CS)CC(C)C)n1Cc1ccc(-c2ccccc2C(=O)O)cc1F. The zero-order valence-electron chi connectivity index (χ0n) is 21.3. The highest BCUT2D eigenvalue weighted by Crippen LogP contribution is 2.27. The fourth-order valence-corrected chi connectivity index (χ4v) is 4.94. The van der Waals surface area contributed by atoms with E-state index >= 15 is 4.39 Å². The van der Waals surface area contributed by atoms with Crippen molar-refractivity contribution < 1.29 is 19.1 Å². The van der Waals surface area contributed by atoms with E-state index in [1.54, 1.807) is 30.3 Å². The summed E-state index contributed by atoms with van der Waals surface area (Å²) in [5.41, 5.74) is 2.05. The van der Waals surface area contributed by atoms with Crippen molar-refractivity contribution in [2.24, 2.45) is 11.8 Å². The Hall–Kier alpha value is -2.84. The van der Waals surface area contributed by atoms with Crippen LogP contribution in [0.5, 0.6) is 0 Å². The molecule has 3 aromatic rings. The van der Waals surface area contributed by atoms with Crippen LogP contribution in [0.25, 0.3) is 11.1 Å². The number of rotatable bonds is 12. The van der Waals surface area contributed by atoms with Crippen molar-refractivity contribution in [3.63, 3.8) is 0 Å². The summed E-state index contributed by atoms with van der Waals surface area (Å²) >= 11 is 10.8. The Morgan fingerprint density at radius 1 is 1.22 bits per heavy atom. The lowest BCUT2D eigenvalue weighted by molar-refractivity contribution is -0.124. The maximum atomic E-state index is 15.3. The molecule has 3 rings (SSSR count). The minimum atomic E-state index is -1.07. The molecule has 9 heteroatoms. The van der Waals surface area contributed by atoms with Gasteiger partial charge in [-0.25, -0.2) is 14.2 Å². The van der Waals surface area contributed by atoms with E-state index in [4.69, 9.17) is 11.6 Å². The number of amides is 1. The zero-order chi connectivity index (χ0) is 27.1. The average molecular weight is 546 g/mol. The van der Waals surface area contributed by atoms with Gasteiger partial charge >= 0.3 is 5.97 Å². The molecule has 1 amide bonds. The van der Waals surface area contributed by atoms with Crippen LogP contribution >= 0.6 is 24.2 Å². The van der Waals surface area contributed by atoms with E-state index < -0.39 is 11.8 Å². The van der Waals surface area contributed by atoms with Gasteiger partial charge in [-0.05, 0) is 42.0 Å². The predicted octanol–water partition coefficient (Wildman–Crippen LogP) is 6.25. The first-order valence-corrected chi connectivity index (χ1v) is 13.4. The highest BCUT2D eigenvalue weighted by atomic mass is 35.5. The van der Waals surface area contributed by atoms with E-state index in [2.05, 4.69) is 36.8 Å². The van der Waals surface area contributed by atoms with Gasteiger partial charge < -0.3 is 15.0 Å². The third-order valence-electron chi connectivity index (χ3n) is 6.20. The number of hydrogen-bond donors (Lipinski definition) is 3. The van der Waals surface area contributed by atoms with Gasteiger partial charge in [-0.15, -0.1) is 0 Å². The molecule has 0 aliphatic heterocycles. The highest BCUT2D eigenvalue weighted by molar-refractivity contribution is 7.80. The Morgan fingerprint density at radius 2 is 1.95 bits per heavy atom. The van der Waals surface area contributed by atoms with Gasteiger partial charge in [0.2, 0.25) is 5.91 Å². The zero-order valence-corrected chi connectivity index (χ0v) is 23.0. The smallest absolute Gasteiger partial charge is 0.336 e. The van der Waals surface area contributed by atoms with E-state index in [0.29, 0.717) is 46.3 Å². The van der Waals surface area contributed by atoms with Crippen molar-refractivity contribution in [1.29, 1.82) is 0 Å². The molecule has 2 aromatic carbocycles. The molecule has 0 unspecified atom stereocenters. The summed E-state index contributed by atoms with van der Waals surface area (Å²) in [5, 5.41) is 12.7. The number of nitrogens with zero attached hydrogens (tertiary/aromatic N) is 2. The number of carboxylic acids is 1. The van der Waals surface area contributed by atoms with Gasteiger partial charge in [0, 0.05) is 23.7 Å². The predicted molar refractivity (Wildman–Crippen MR) is 148 cm³/mol. The number of thiol groups is 1. The van der Waals surface area contributed by atoms with Crippen molar-refractivity contribution in [2.75, 3.05) is 5.75 Å². The molecule has 1 aromatic heterocycles. The first-order valence-electron chi connectivity index (χ1n) is 12.4. The maximum absolute atomic E-state index is 15.3. The molecule has 0 spiro atoms. The van der Waals surface area contributed by atoms with Crippen molar-refractivity contribution in [2.45, 2.75) is 53.1 Å². The second-order valence-electron chi connectivity index (χ2n) is 9.49. The molecule has 6 nitrogen and oxygen atoms in total. The summed E-state index contributed by atoms with van der Waals surface area (Å²) in [6, 6.07) is 11.2. The van der Waals surface area contributed by atoms with Crippen molar-refractivity contribution >= 4 is 36.1 Å². The number of aromatic nitrogens is 2. The van der Waals surface area contributed by atoms with E-state index in [1.165, 1.54) is 12.1 Å².